The van der Waals surface area contributed by atoms with Crippen molar-refractivity contribution in [1.29, 1.82) is 0 Å². The number of carbonyl (C=O) groups is 1. The van der Waals surface area contributed by atoms with Gasteiger partial charge in [0.2, 0.25) is 0 Å². The number of hydrogen-bond donors (Lipinski definition) is 0. The van der Waals surface area contributed by atoms with E-state index >= 15 is 0 Å². The third-order valence-corrected chi connectivity index (χ3v) is 2.92. The standard InChI is InChI=1S/C17H18O4/c1-3-20-17(18)14-10-7-11-15(19-2)16(14)21-12-13-8-5-4-6-9-13/h4-11H,3,12H2,1-2H3. The highest BCUT2D eigenvalue weighted by Crippen LogP contribution is 2.32. The van der Waals surface area contributed by atoms with E-state index in [1.54, 1.807) is 32.2 Å². The number of benzene rings is 2. The lowest BCUT2D eigenvalue weighted by molar-refractivity contribution is 0.0520. The second kappa shape index (κ2) is 7.33. The van der Waals surface area contributed by atoms with Crippen LogP contribution in [0.15, 0.2) is 48.5 Å². The van der Waals surface area contributed by atoms with Crippen molar-refractivity contribution < 1.29 is 19.0 Å². The summed E-state index contributed by atoms with van der Waals surface area (Å²) in [5.74, 6) is 0.498. The van der Waals surface area contributed by atoms with Crippen LogP contribution in [-0.2, 0) is 11.3 Å². The lowest BCUT2D eigenvalue weighted by Gasteiger charge is -2.14. The summed E-state index contributed by atoms with van der Waals surface area (Å²) in [6, 6.07) is 14.9. The molecule has 2 rings (SSSR count). The quantitative estimate of drug-likeness (QED) is 0.763. The van der Waals surface area contributed by atoms with Crippen LogP contribution in [0.4, 0.5) is 0 Å². The lowest BCUT2D eigenvalue weighted by atomic mass is 10.2. The monoisotopic (exact) mass is 286 g/mol. The number of para-hydroxylation sites is 1. The summed E-state index contributed by atoms with van der Waals surface area (Å²) >= 11 is 0. The second-order valence-corrected chi connectivity index (χ2v) is 4.33. The van der Waals surface area contributed by atoms with Gasteiger partial charge in [0, 0.05) is 0 Å². The van der Waals surface area contributed by atoms with Crippen LogP contribution in [0.3, 0.4) is 0 Å². The van der Waals surface area contributed by atoms with Gasteiger partial charge in [-0.15, -0.1) is 0 Å². The average molecular weight is 286 g/mol. The van der Waals surface area contributed by atoms with Gasteiger partial charge >= 0.3 is 5.97 Å². The Bertz CT molecular complexity index is 593. The number of esters is 1. The number of methoxy groups -OCH3 is 1. The SMILES string of the molecule is CCOC(=O)c1cccc(OC)c1OCc1ccccc1. The summed E-state index contributed by atoms with van der Waals surface area (Å²) in [5, 5.41) is 0. The molecular formula is C17H18O4. The molecule has 0 saturated carbocycles. The zero-order chi connectivity index (χ0) is 15.1. The fourth-order valence-corrected chi connectivity index (χ4v) is 1.92. The molecule has 0 amide bonds. The van der Waals surface area contributed by atoms with Crippen molar-refractivity contribution in [1.82, 2.24) is 0 Å². The Morgan fingerprint density at radius 1 is 1.05 bits per heavy atom. The molecule has 0 radical (unpaired) electrons. The third-order valence-electron chi connectivity index (χ3n) is 2.92. The van der Waals surface area contributed by atoms with E-state index in [1.807, 2.05) is 30.3 Å². The molecule has 110 valence electrons. The summed E-state index contributed by atoms with van der Waals surface area (Å²) in [4.78, 5) is 12.0. The van der Waals surface area contributed by atoms with E-state index in [9.17, 15) is 4.79 Å². The third kappa shape index (κ3) is 3.75. The van der Waals surface area contributed by atoms with Gasteiger partial charge in [0.15, 0.2) is 11.5 Å². The summed E-state index contributed by atoms with van der Waals surface area (Å²) in [5.41, 5.74) is 1.38. The minimum Gasteiger partial charge on any atom is -0.493 e. The Balaban J connectivity index is 2.25. The van der Waals surface area contributed by atoms with E-state index in [0.717, 1.165) is 5.56 Å². The van der Waals surface area contributed by atoms with Gasteiger partial charge < -0.3 is 14.2 Å². The predicted molar refractivity (Wildman–Crippen MR) is 79.7 cm³/mol. The molecule has 0 aliphatic carbocycles. The van der Waals surface area contributed by atoms with Gasteiger partial charge in [-0.1, -0.05) is 36.4 Å². The topological polar surface area (TPSA) is 44.8 Å². The maximum absolute atomic E-state index is 12.0. The second-order valence-electron chi connectivity index (χ2n) is 4.33. The summed E-state index contributed by atoms with van der Waals surface area (Å²) in [6.07, 6.45) is 0. The van der Waals surface area contributed by atoms with Crippen molar-refractivity contribution >= 4 is 5.97 Å². The molecule has 0 bridgehead atoms. The van der Waals surface area contributed by atoms with Crippen molar-refractivity contribution in [3.63, 3.8) is 0 Å². The summed E-state index contributed by atoms with van der Waals surface area (Å²) in [7, 11) is 1.54. The number of hydrogen-bond acceptors (Lipinski definition) is 4. The van der Waals surface area contributed by atoms with E-state index in [-0.39, 0.29) is 0 Å². The minimum atomic E-state index is -0.417. The highest BCUT2D eigenvalue weighted by molar-refractivity contribution is 5.93. The smallest absolute Gasteiger partial charge is 0.342 e. The molecule has 4 nitrogen and oxygen atoms in total. The Hall–Kier alpha value is -2.49. The predicted octanol–water partition coefficient (Wildman–Crippen LogP) is 3.45. The molecule has 0 aromatic heterocycles. The molecule has 0 spiro atoms. The van der Waals surface area contributed by atoms with Crippen LogP contribution >= 0.6 is 0 Å². The zero-order valence-electron chi connectivity index (χ0n) is 12.2. The van der Waals surface area contributed by atoms with Crippen LogP contribution in [0.1, 0.15) is 22.8 Å². The molecule has 0 saturated heterocycles. The van der Waals surface area contributed by atoms with Gasteiger partial charge in [0.25, 0.3) is 0 Å². The molecule has 0 aliphatic rings. The Kier molecular flexibility index (Phi) is 5.21. The molecule has 4 heteroatoms. The molecule has 2 aromatic rings. The van der Waals surface area contributed by atoms with Crippen LogP contribution < -0.4 is 9.47 Å². The van der Waals surface area contributed by atoms with Crippen LogP contribution in [0, 0.1) is 0 Å². The first kappa shape index (κ1) is 14.9. The maximum atomic E-state index is 12.0. The van der Waals surface area contributed by atoms with Gasteiger partial charge in [-0.25, -0.2) is 4.79 Å². The summed E-state index contributed by atoms with van der Waals surface area (Å²) in [6.45, 7) is 2.43. The highest BCUT2D eigenvalue weighted by Gasteiger charge is 2.18. The van der Waals surface area contributed by atoms with E-state index in [4.69, 9.17) is 14.2 Å². The van der Waals surface area contributed by atoms with Gasteiger partial charge in [-0.2, -0.15) is 0 Å². The Morgan fingerprint density at radius 2 is 1.81 bits per heavy atom. The van der Waals surface area contributed by atoms with Gasteiger partial charge in [0.1, 0.15) is 12.2 Å². The van der Waals surface area contributed by atoms with Crippen molar-refractivity contribution in [2.75, 3.05) is 13.7 Å². The summed E-state index contributed by atoms with van der Waals surface area (Å²) < 4.78 is 16.1. The van der Waals surface area contributed by atoms with Crippen LogP contribution in [0.5, 0.6) is 11.5 Å². The maximum Gasteiger partial charge on any atom is 0.342 e. The molecule has 0 atom stereocenters. The first-order valence-electron chi connectivity index (χ1n) is 6.77. The molecule has 0 unspecified atom stereocenters. The van der Waals surface area contributed by atoms with E-state index in [0.29, 0.717) is 30.3 Å². The molecule has 0 fully saturated rings. The minimum absolute atomic E-state index is 0.314. The van der Waals surface area contributed by atoms with Gasteiger partial charge in [-0.05, 0) is 24.6 Å². The van der Waals surface area contributed by atoms with Crippen molar-refractivity contribution in [2.24, 2.45) is 0 Å². The van der Waals surface area contributed by atoms with Crippen LogP contribution in [0.2, 0.25) is 0 Å². The van der Waals surface area contributed by atoms with Crippen LogP contribution in [0.25, 0.3) is 0 Å². The molecule has 0 heterocycles. The van der Waals surface area contributed by atoms with Gasteiger partial charge in [0.05, 0.1) is 13.7 Å². The largest absolute Gasteiger partial charge is 0.493 e. The first-order valence-corrected chi connectivity index (χ1v) is 6.77. The van der Waals surface area contributed by atoms with Crippen molar-refractivity contribution in [2.45, 2.75) is 13.5 Å². The molecule has 0 N–H and O–H groups in total. The number of rotatable bonds is 6. The normalized spacial score (nSPS) is 10.0. The average Bonchev–Trinajstić information content (AvgIpc) is 2.53. The fraction of sp³-hybridized carbons (Fsp3) is 0.235. The first-order chi connectivity index (χ1) is 10.3. The van der Waals surface area contributed by atoms with Gasteiger partial charge in [-0.3, -0.25) is 0 Å². The molecular weight excluding hydrogens is 268 g/mol. The van der Waals surface area contributed by atoms with E-state index in [2.05, 4.69) is 0 Å². The van der Waals surface area contributed by atoms with Crippen molar-refractivity contribution in [3.05, 3.63) is 59.7 Å². The molecule has 21 heavy (non-hydrogen) atoms. The number of carbonyl (C=O) groups excluding carboxylic acids is 1. The highest BCUT2D eigenvalue weighted by atomic mass is 16.5. The molecule has 0 aliphatic heterocycles. The lowest BCUT2D eigenvalue weighted by Crippen LogP contribution is -2.09. The zero-order valence-corrected chi connectivity index (χ0v) is 12.2. The van der Waals surface area contributed by atoms with E-state index < -0.39 is 5.97 Å². The van der Waals surface area contributed by atoms with Crippen LogP contribution in [-0.4, -0.2) is 19.7 Å². The Labute approximate surface area is 124 Å². The van der Waals surface area contributed by atoms with Crippen molar-refractivity contribution in [3.8, 4) is 11.5 Å². The van der Waals surface area contributed by atoms with E-state index in [1.165, 1.54) is 0 Å². The fourth-order valence-electron chi connectivity index (χ4n) is 1.92. The number of ether oxygens (including phenoxy) is 3. The molecule has 2 aromatic carbocycles. The Morgan fingerprint density at radius 3 is 2.48 bits per heavy atom.